The lowest BCUT2D eigenvalue weighted by Gasteiger charge is -2.10. The van der Waals surface area contributed by atoms with Crippen molar-refractivity contribution in [2.75, 3.05) is 0 Å². The van der Waals surface area contributed by atoms with Crippen molar-refractivity contribution in [3.05, 3.63) is 88.1 Å². The minimum absolute atomic E-state index is 0.642. The van der Waals surface area contributed by atoms with E-state index < -0.39 is 23.5 Å². The van der Waals surface area contributed by atoms with Gasteiger partial charge >= 0.3 is 12.4 Å². The molecule has 0 N–H and O–H groups in total. The summed E-state index contributed by atoms with van der Waals surface area (Å²) in [4.78, 5) is 8.56. The van der Waals surface area contributed by atoms with Crippen molar-refractivity contribution in [2.24, 2.45) is 0 Å². The maximum atomic E-state index is 12.5. The summed E-state index contributed by atoms with van der Waals surface area (Å²) in [5, 5.41) is 0. The molecule has 0 aliphatic carbocycles. The van der Waals surface area contributed by atoms with Gasteiger partial charge in [0, 0.05) is 11.4 Å². The third-order valence-electron chi connectivity index (χ3n) is 5.07. The molecule has 2 aromatic carbocycles. The second-order valence-corrected chi connectivity index (χ2v) is 10.6. The smallest absolute Gasteiger partial charge is 0.300 e. The van der Waals surface area contributed by atoms with Crippen LogP contribution in [0.5, 0.6) is 0 Å². The number of hydrogen-bond acceptors (Lipinski definition) is 2. The molecule has 4 nitrogen and oxygen atoms in total. The Labute approximate surface area is 243 Å². The summed E-state index contributed by atoms with van der Waals surface area (Å²) in [5.41, 5.74) is 1.01. The van der Waals surface area contributed by atoms with E-state index in [4.69, 9.17) is 0 Å². The molecule has 2 aromatic heterocycles. The zero-order valence-electron chi connectivity index (χ0n) is 18.8. The van der Waals surface area contributed by atoms with Gasteiger partial charge in [-0.2, -0.15) is 26.3 Å². The van der Waals surface area contributed by atoms with Crippen LogP contribution >= 0.6 is 67.8 Å². The van der Waals surface area contributed by atoms with Crippen LogP contribution in [0.1, 0.15) is 28.5 Å². The van der Waals surface area contributed by atoms with E-state index in [0.29, 0.717) is 11.4 Å². The van der Waals surface area contributed by atoms with Gasteiger partial charge in [0.1, 0.15) is 22.8 Å². The van der Waals surface area contributed by atoms with Crippen LogP contribution < -0.4 is 0 Å². The highest BCUT2D eigenvalue weighted by molar-refractivity contribution is 14.1. The molecule has 0 spiro atoms. The fourth-order valence-corrected chi connectivity index (χ4v) is 5.29. The van der Waals surface area contributed by atoms with Crippen molar-refractivity contribution in [1.82, 2.24) is 19.1 Å². The summed E-state index contributed by atoms with van der Waals surface area (Å²) in [6.07, 6.45) is -8.60. The molecule has 0 aliphatic rings. The molecule has 192 valence electrons. The van der Waals surface area contributed by atoms with Gasteiger partial charge in [0.25, 0.3) is 0 Å². The van der Waals surface area contributed by atoms with Crippen molar-refractivity contribution in [2.45, 2.75) is 33.1 Å². The number of halogens is 9. The maximum absolute atomic E-state index is 12.5. The molecule has 13 heteroatoms. The third-order valence-corrected chi connectivity index (χ3v) is 8.87. The minimum Gasteiger partial charge on any atom is -0.300 e. The lowest BCUT2D eigenvalue weighted by atomic mass is 10.2. The van der Waals surface area contributed by atoms with Gasteiger partial charge in [0.05, 0.1) is 16.8 Å². The summed E-state index contributed by atoms with van der Waals surface area (Å²) in [6.45, 7) is 5.54. The number of aromatic nitrogens is 4. The van der Waals surface area contributed by atoms with Gasteiger partial charge in [-0.3, -0.25) is 4.57 Å². The number of benzene rings is 2. The number of nitrogens with zero attached hydrogens (tertiary/aromatic N) is 4. The molecule has 0 saturated carbocycles. The second-order valence-electron chi connectivity index (χ2n) is 7.54. The van der Waals surface area contributed by atoms with E-state index in [1.165, 1.54) is 24.3 Å². The Kier molecular flexibility index (Phi) is 9.05. The van der Waals surface area contributed by atoms with Crippen molar-refractivity contribution >= 4 is 67.8 Å². The van der Waals surface area contributed by atoms with E-state index in [-0.39, 0.29) is 0 Å². The Bertz CT molecular complexity index is 1250. The van der Waals surface area contributed by atoms with Crippen LogP contribution in [-0.4, -0.2) is 19.1 Å². The molecule has 0 fully saturated rings. The monoisotopic (exact) mass is 844 g/mol. The predicted octanol–water partition coefficient (Wildman–Crippen LogP) is 8.52. The molecule has 0 radical (unpaired) electrons. The number of imidazole rings is 2. The third kappa shape index (κ3) is 6.54. The maximum Gasteiger partial charge on any atom is 0.416 e. The van der Waals surface area contributed by atoms with Crippen LogP contribution in [0.4, 0.5) is 26.3 Å². The van der Waals surface area contributed by atoms with Crippen LogP contribution in [0, 0.1) is 31.9 Å². The topological polar surface area (TPSA) is 35.6 Å². The Morgan fingerprint density at radius 2 is 0.944 bits per heavy atom. The summed E-state index contributed by atoms with van der Waals surface area (Å²) >= 11 is 6.33. The lowest BCUT2D eigenvalue weighted by molar-refractivity contribution is -0.138. The highest BCUT2D eigenvalue weighted by atomic mass is 127. The van der Waals surface area contributed by atoms with Gasteiger partial charge in [0.2, 0.25) is 0 Å². The van der Waals surface area contributed by atoms with Crippen molar-refractivity contribution in [3.8, 4) is 11.4 Å². The van der Waals surface area contributed by atoms with E-state index in [0.717, 1.165) is 52.7 Å². The Hall–Kier alpha value is -1.37. The Morgan fingerprint density at radius 3 is 1.25 bits per heavy atom. The highest BCUT2D eigenvalue weighted by Crippen LogP contribution is 2.31. The molecule has 0 bridgehead atoms. The molecule has 4 rings (SSSR count). The minimum atomic E-state index is -4.30. The average molecular weight is 844 g/mol. The number of alkyl halides is 6. The van der Waals surface area contributed by atoms with E-state index in [2.05, 4.69) is 77.7 Å². The van der Waals surface area contributed by atoms with E-state index in [1.54, 1.807) is 0 Å². The van der Waals surface area contributed by atoms with Crippen molar-refractivity contribution in [1.29, 1.82) is 0 Å². The average Bonchev–Trinajstić information content (AvgIpc) is 3.19. The molecule has 2 heterocycles. The Morgan fingerprint density at radius 1 is 0.583 bits per heavy atom. The van der Waals surface area contributed by atoms with Gasteiger partial charge < -0.3 is 4.57 Å². The number of rotatable bonds is 2. The number of aryl methyl sites for hydroxylation is 2. The lowest BCUT2D eigenvalue weighted by Crippen LogP contribution is -2.06. The molecule has 0 unspecified atom stereocenters. The van der Waals surface area contributed by atoms with E-state index >= 15 is 0 Å². The highest BCUT2D eigenvalue weighted by Gasteiger charge is 2.31. The zero-order chi connectivity index (χ0) is 27.0. The van der Waals surface area contributed by atoms with Crippen LogP contribution in [0.25, 0.3) is 11.4 Å². The van der Waals surface area contributed by atoms with Gasteiger partial charge in [-0.25, -0.2) is 9.97 Å². The summed E-state index contributed by atoms with van der Waals surface area (Å²) < 4.78 is 81.0. The first-order valence-electron chi connectivity index (χ1n) is 10.1. The second kappa shape index (κ2) is 11.2. The van der Waals surface area contributed by atoms with Crippen LogP contribution in [0.3, 0.4) is 0 Å². The molecule has 4 aromatic rings. The molecule has 0 amide bonds. The van der Waals surface area contributed by atoms with Crippen molar-refractivity contribution < 1.29 is 26.3 Å². The Balaban J connectivity index is 0.000000201. The molecular formula is C23H17F6I3N4. The van der Waals surface area contributed by atoms with Crippen LogP contribution in [-0.2, 0) is 12.4 Å². The fraction of sp³-hybridized carbons (Fsp3) is 0.217. The predicted molar refractivity (Wildman–Crippen MR) is 149 cm³/mol. The van der Waals surface area contributed by atoms with E-state index in [1.807, 2.05) is 29.9 Å². The van der Waals surface area contributed by atoms with Gasteiger partial charge in [-0.15, -0.1) is 0 Å². The molecule has 36 heavy (non-hydrogen) atoms. The largest absolute Gasteiger partial charge is 0.416 e. The normalized spacial score (nSPS) is 11.9. The van der Waals surface area contributed by atoms with Gasteiger partial charge in [0.15, 0.2) is 0 Å². The van der Waals surface area contributed by atoms with Gasteiger partial charge in [-0.1, -0.05) is 0 Å². The molecule has 0 aliphatic heterocycles. The molecule has 0 saturated heterocycles. The first-order chi connectivity index (χ1) is 16.6. The van der Waals surface area contributed by atoms with Crippen LogP contribution in [0.15, 0.2) is 48.5 Å². The first kappa shape index (κ1) is 29.2. The van der Waals surface area contributed by atoms with Crippen molar-refractivity contribution in [3.63, 3.8) is 0 Å². The SMILES string of the molecule is Cc1nc(I)c(C)n1-c1ccc(C(F)(F)F)cc1.Cc1nc(I)c(I)n1-c1ccc(C(F)(F)F)cc1. The summed E-state index contributed by atoms with van der Waals surface area (Å²) in [5.74, 6) is 1.51. The molecular weight excluding hydrogens is 827 g/mol. The summed E-state index contributed by atoms with van der Waals surface area (Å²) in [6, 6.07) is 10.2. The van der Waals surface area contributed by atoms with Crippen LogP contribution in [0.2, 0.25) is 0 Å². The quantitative estimate of drug-likeness (QED) is 0.150. The van der Waals surface area contributed by atoms with E-state index in [9.17, 15) is 26.3 Å². The zero-order valence-corrected chi connectivity index (χ0v) is 25.3. The standard InChI is InChI=1S/C12H10F3IN2.C11H7F3I2N2/c1-7-11(16)17-8(2)18(7)10-5-3-9(4-6-10)12(13,14)15;1-6-17-9(15)10(16)18(6)8-4-2-7(3-5-8)11(12,13)14/h3-6H,1-2H3;2-5H,1H3. The fourth-order valence-electron chi connectivity index (χ4n) is 3.36. The molecule has 0 atom stereocenters. The summed E-state index contributed by atoms with van der Waals surface area (Å²) in [7, 11) is 0. The first-order valence-corrected chi connectivity index (χ1v) is 13.3. The van der Waals surface area contributed by atoms with Gasteiger partial charge in [-0.05, 0) is 137 Å². The number of hydrogen-bond donors (Lipinski definition) is 0.